The van der Waals surface area contributed by atoms with Gasteiger partial charge in [-0.1, -0.05) is 11.8 Å². The number of hydrogen-bond acceptors (Lipinski definition) is 7. The van der Waals surface area contributed by atoms with Gasteiger partial charge in [-0.15, -0.1) is 18.3 Å². The minimum Gasteiger partial charge on any atom is -0.481 e. The molecule has 1 amide bonds. The molecule has 1 aromatic rings. The van der Waals surface area contributed by atoms with E-state index in [1.807, 2.05) is 0 Å². The third-order valence-electron chi connectivity index (χ3n) is 3.13. The molecule has 1 aliphatic rings. The number of carbonyl (C=O) groups is 2. The quantitative estimate of drug-likeness (QED) is 0.352. The van der Waals surface area contributed by atoms with Gasteiger partial charge in [0.25, 0.3) is 0 Å². The van der Waals surface area contributed by atoms with Gasteiger partial charge >= 0.3 is 24.8 Å². The van der Waals surface area contributed by atoms with E-state index in [4.69, 9.17) is 5.11 Å². The molecule has 30 heavy (non-hydrogen) atoms. The average Bonchev–Trinajstić information content (AvgIpc) is 2.93. The lowest BCUT2D eigenvalue weighted by Crippen LogP contribution is -2.41. The molecule has 2 N–H and O–H groups in total. The SMILES string of the molecule is O=C(O)CC1SC(=NN=Cc2ccc(OC(F)(F)C(F)OC(F)(F)F)cc2)NC1=O. The van der Waals surface area contributed by atoms with Crippen LogP contribution >= 0.6 is 11.8 Å². The lowest BCUT2D eigenvalue weighted by atomic mass is 10.2. The second-order valence-corrected chi connectivity index (χ2v) is 6.65. The van der Waals surface area contributed by atoms with Crippen molar-refractivity contribution in [2.45, 2.75) is 30.5 Å². The Kier molecular flexibility index (Phi) is 7.30. The Morgan fingerprint density at radius 3 is 2.47 bits per heavy atom. The number of hydrogen-bond donors (Lipinski definition) is 2. The number of ether oxygens (including phenoxy) is 2. The molecule has 0 aliphatic carbocycles. The van der Waals surface area contributed by atoms with Crippen LogP contribution in [0.2, 0.25) is 0 Å². The maximum atomic E-state index is 13.3. The smallest absolute Gasteiger partial charge is 0.481 e. The summed E-state index contributed by atoms with van der Waals surface area (Å²) in [6, 6.07) is 4.16. The number of carbonyl (C=O) groups excluding carboxylic acids is 1. The summed E-state index contributed by atoms with van der Waals surface area (Å²) in [6.07, 6.45) is -13.9. The molecule has 1 aromatic carbocycles. The van der Waals surface area contributed by atoms with Crippen molar-refractivity contribution < 1.29 is 50.5 Å². The number of thioether (sulfide) groups is 1. The number of nitrogens with one attached hydrogen (secondary N) is 1. The Bertz CT molecular complexity index is 846. The number of amides is 1. The number of halogens is 6. The first-order valence-corrected chi connectivity index (χ1v) is 8.59. The van der Waals surface area contributed by atoms with Crippen molar-refractivity contribution >= 4 is 35.0 Å². The molecule has 2 atom stereocenters. The largest absolute Gasteiger partial charge is 0.525 e. The van der Waals surface area contributed by atoms with Crippen molar-refractivity contribution in [1.29, 1.82) is 0 Å². The number of aliphatic carboxylic acids is 1. The number of amidine groups is 1. The zero-order valence-corrected chi connectivity index (χ0v) is 15.2. The first kappa shape index (κ1) is 23.5. The fourth-order valence-electron chi connectivity index (χ4n) is 1.90. The van der Waals surface area contributed by atoms with Crippen LogP contribution in [-0.4, -0.2) is 52.4 Å². The zero-order chi connectivity index (χ0) is 22.5. The predicted molar refractivity (Wildman–Crippen MR) is 90.9 cm³/mol. The van der Waals surface area contributed by atoms with Gasteiger partial charge in [-0.05, 0) is 29.8 Å². The predicted octanol–water partition coefficient (Wildman–Crippen LogP) is 2.89. The minimum absolute atomic E-state index is 0.0562. The first-order valence-electron chi connectivity index (χ1n) is 7.71. The molecule has 0 bridgehead atoms. The normalized spacial score (nSPS) is 19.9. The molecular formula is C15H11F6N3O5S. The number of rotatable bonds is 8. The average molecular weight is 459 g/mol. The van der Waals surface area contributed by atoms with Crippen molar-refractivity contribution in [2.24, 2.45) is 10.2 Å². The molecule has 1 saturated heterocycles. The van der Waals surface area contributed by atoms with Crippen molar-refractivity contribution in [3.05, 3.63) is 29.8 Å². The molecule has 2 rings (SSSR count). The van der Waals surface area contributed by atoms with Gasteiger partial charge < -0.3 is 15.2 Å². The fraction of sp³-hybridized carbons (Fsp3) is 0.333. The Balaban J connectivity index is 1.94. The summed E-state index contributed by atoms with van der Waals surface area (Å²) in [5.41, 5.74) is 0.287. The van der Waals surface area contributed by atoms with Gasteiger partial charge in [-0.3, -0.25) is 9.59 Å². The van der Waals surface area contributed by atoms with Gasteiger partial charge in [0.05, 0.1) is 12.6 Å². The van der Waals surface area contributed by atoms with Crippen molar-refractivity contribution in [1.82, 2.24) is 5.32 Å². The van der Waals surface area contributed by atoms with Crippen LogP contribution in [0.4, 0.5) is 26.3 Å². The lowest BCUT2D eigenvalue weighted by molar-refractivity contribution is -0.411. The van der Waals surface area contributed by atoms with Gasteiger partial charge in [-0.2, -0.15) is 13.9 Å². The Morgan fingerprint density at radius 1 is 1.27 bits per heavy atom. The highest BCUT2D eigenvalue weighted by Gasteiger charge is 2.50. The van der Waals surface area contributed by atoms with E-state index in [1.165, 1.54) is 12.1 Å². The summed E-state index contributed by atoms with van der Waals surface area (Å²) < 4.78 is 81.6. The van der Waals surface area contributed by atoms with E-state index in [1.54, 1.807) is 0 Å². The summed E-state index contributed by atoms with van der Waals surface area (Å²) >= 11 is 0.861. The molecule has 8 nitrogen and oxygen atoms in total. The topological polar surface area (TPSA) is 110 Å². The minimum atomic E-state index is -5.61. The molecule has 2 unspecified atom stereocenters. The van der Waals surface area contributed by atoms with Crippen LogP contribution in [-0.2, 0) is 14.3 Å². The Morgan fingerprint density at radius 2 is 1.90 bits per heavy atom. The van der Waals surface area contributed by atoms with Crippen LogP contribution in [0.5, 0.6) is 5.75 Å². The molecule has 0 aromatic heterocycles. The molecular weight excluding hydrogens is 448 g/mol. The maximum Gasteiger partial charge on any atom is 0.525 e. The third-order valence-corrected chi connectivity index (χ3v) is 4.20. The summed E-state index contributed by atoms with van der Waals surface area (Å²) in [7, 11) is 0. The number of carboxylic acids is 1. The summed E-state index contributed by atoms with van der Waals surface area (Å²) in [5, 5.41) is 17.5. The highest BCUT2D eigenvalue weighted by molar-refractivity contribution is 8.15. The van der Waals surface area contributed by atoms with Crippen LogP contribution in [0, 0.1) is 0 Å². The summed E-state index contributed by atoms with van der Waals surface area (Å²) in [4.78, 5) is 22.1. The number of carboxylic acid groups (broad SMARTS) is 1. The molecule has 164 valence electrons. The molecule has 0 radical (unpaired) electrons. The highest BCUT2D eigenvalue weighted by Crippen LogP contribution is 2.31. The van der Waals surface area contributed by atoms with Crippen molar-refractivity contribution in [2.75, 3.05) is 0 Å². The van der Waals surface area contributed by atoms with E-state index >= 15 is 0 Å². The lowest BCUT2D eigenvalue weighted by Gasteiger charge is -2.22. The first-order chi connectivity index (χ1) is 13.9. The van der Waals surface area contributed by atoms with Gasteiger partial charge in [0, 0.05) is 0 Å². The van der Waals surface area contributed by atoms with Crippen molar-refractivity contribution in [3.8, 4) is 5.75 Å². The van der Waals surface area contributed by atoms with Gasteiger partial charge in [-0.25, -0.2) is 9.13 Å². The summed E-state index contributed by atoms with van der Waals surface area (Å²) in [5.74, 6) is -2.35. The Labute approximate surface area is 167 Å². The molecule has 0 spiro atoms. The highest BCUT2D eigenvalue weighted by atomic mass is 32.2. The van der Waals surface area contributed by atoms with Crippen LogP contribution in [0.25, 0.3) is 0 Å². The second-order valence-electron chi connectivity index (χ2n) is 5.46. The maximum absolute atomic E-state index is 13.3. The van der Waals surface area contributed by atoms with E-state index in [9.17, 15) is 35.9 Å². The molecule has 15 heteroatoms. The van der Waals surface area contributed by atoms with Crippen LogP contribution < -0.4 is 10.1 Å². The Hall–Kier alpha value is -2.81. The standard InChI is InChI=1S/C15H11F6N3O5S/c16-12(29-15(19,20)21)14(17,18)28-8-3-1-7(2-4-8)6-22-24-13-23-11(27)9(30-13)5-10(25)26/h1-4,6,9,12H,5H2,(H,25,26)(H,23,24,27). The van der Waals surface area contributed by atoms with Crippen LogP contribution in [0.3, 0.4) is 0 Å². The fourth-order valence-corrected chi connectivity index (χ4v) is 2.82. The number of alkyl halides is 6. The van der Waals surface area contributed by atoms with E-state index in [2.05, 4.69) is 25.0 Å². The second kappa shape index (κ2) is 9.34. The monoisotopic (exact) mass is 459 g/mol. The van der Waals surface area contributed by atoms with Gasteiger partial charge in [0.15, 0.2) is 5.17 Å². The third kappa shape index (κ3) is 7.22. The molecule has 1 fully saturated rings. The van der Waals surface area contributed by atoms with Crippen LogP contribution in [0.15, 0.2) is 34.5 Å². The van der Waals surface area contributed by atoms with E-state index in [0.717, 1.165) is 30.1 Å². The van der Waals surface area contributed by atoms with Gasteiger partial charge in [0.2, 0.25) is 5.91 Å². The van der Waals surface area contributed by atoms with E-state index in [0.29, 0.717) is 0 Å². The zero-order valence-electron chi connectivity index (χ0n) is 14.4. The number of benzene rings is 1. The molecule has 1 aliphatic heterocycles. The van der Waals surface area contributed by atoms with Crippen molar-refractivity contribution in [3.63, 3.8) is 0 Å². The number of nitrogens with zero attached hydrogens (tertiary/aromatic N) is 2. The molecule has 1 heterocycles. The van der Waals surface area contributed by atoms with Gasteiger partial charge in [0.1, 0.15) is 11.0 Å². The van der Waals surface area contributed by atoms with E-state index < -0.39 is 48.1 Å². The summed E-state index contributed by atoms with van der Waals surface area (Å²) in [6.45, 7) is 0. The van der Waals surface area contributed by atoms with E-state index in [-0.39, 0.29) is 10.7 Å². The van der Waals surface area contributed by atoms with Crippen LogP contribution in [0.1, 0.15) is 12.0 Å². The molecule has 0 saturated carbocycles.